The van der Waals surface area contributed by atoms with Crippen molar-refractivity contribution in [1.82, 2.24) is 4.90 Å². The third-order valence-corrected chi connectivity index (χ3v) is 8.07. The normalized spacial score (nSPS) is 15.4. The first-order valence-corrected chi connectivity index (χ1v) is 12.1. The Kier molecular flexibility index (Phi) is 5.95. The maximum Gasteiger partial charge on any atom is 0.266 e. The minimum Gasteiger partial charge on any atom is -0.493 e. The van der Waals surface area contributed by atoms with Gasteiger partial charge in [-0.3, -0.25) is 4.79 Å². The van der Waals surface area contributed by atoms with E-state index in [2.05, 4.69) is 0 Å². The second kappa shape index (κ2) is 8.90. The zero-order valence-electron chi connectivity index (χ0n) is 18.1. The van der Waals surface area contributed by atoms with Crippen LogP contribution in [0.1, 0.15) is 32.4 Å². The maximum atomic E-state index is 13.9. The lowest BCUT2D eigenvalue weighted by Crippen LogP contribution is -2.40. The van der Waals surface area contributed by atoms with Gasteiger partial charge in [0.15, 0.2) is 11.5 Å². The van der Waals surface area contributed by atoms with E-state index in [1.807, 2.05) is 65.6 Å². The lowest BCUT2D eigenvalue weighted by atomic mass is 9.87. The summed E-state index contributed by atoms with van der Waals surface area (Å²) >= 11 is 14.8. The molecule has 1 atom stereocenters. The van der Waals surface area contributed by atoms with Gasteiger partial charge in [-0.05, 0) is 47.4 Å². The maximum absolute atomic E-state index is 13.9. The van der Waals surface area contributed by atoms with Gasteiger partial charge in [-0.2, -0.15) is 0 Å². The molecular formula is C26H21Cl2NO3S. The molecule has 0 aliphatic carbocycles. The summed E-state index contributed by atoms with van der Waals surface area (Å²) in [6.07, 6.45) is 0.685. The number of amides is 1. The predicted octanol–water partition coefficient (Wildman–Crippen LogP) is 7.01. The Hall–Kier alpha value is -2.73. The summed E-state index contributed by atoms with van der Waals surface area (Å²) in [6.45, 7) is 0.530. The summed E-state index contributed by atoms with van der Waals surface area (Å²) in [4.78, 5) is 16.3. The second-order valence-electron chi connectivity index (χ2n) is 7.82. The Bertz CT molecular complexity index is 1370. The number of hydrogen-bond acceptors (Lipinski definition) is 4. The zero-order chi connectivity index (χ0) is 23.1. The van der Waals surface area contributed by atoms with Gasteiger partial charge in [-0.1, -0.05) is 59.6 Å². The van der Waals surface area contributed by atoms with Crippen LogP contribution in [0.5, 0.6) is 11.5 Å². The number of benzene rings is 3. The van der Waals surface area contributed by atoms with Crippen molar-refractivity contribution in [2.45, 2.75) is 12.5 Å². The number of rotatable bonds is 4. The summed E-state index contributed by atoms with van der Waals surface area (Å²) in [5.41, 5.74) is 2.93. The molecular weight excluding hydrogens is 477 g/mol. The number of methoxy groups -OCH3 is 2. The van der Waals surface area contributed by atoms with Crippen molar-refractivity contribution < 1.29 is 14.3 Å². The number of hydrogen-bond donors (Lipinski definition) is 0. The molecule has 0 spiro atoms. The van der Waals surface area contributed by atoms with Gasteiger partial charge in [0.2, 0.25) is 0 Å². The van der Waals surface area contributed by atoms with Crippen molar-refractivity contribution in [3.05, 3.63) is 92.3 Å². The van der Waals surface area contributed by atoms with Gasteiger partial charge in [-0.15, -0.1) is 11.3 Å². The fourth-order valence-electron chi connectivity index (χ4n) is 4.48. The third-order valence-electron chi connectivity index (χ3n) is 6.06. The summed E-state index contributed by atoms with van der Waals surface area (Å²) in [5.74, 6) is 1.18. The number of nitrogens with zero attached hydrogens (tertiary/aromatic N) is 1. The van der Waals surface area contributed by atoms with E-state index in [1.54, 1.807) is 14.2 Å². The highest BCUT2D eigenvalue weighted by Crippen LogP contribution is 2.44. The fourth-order valence-corrected chi connectivity index (χ4v) is 6.19. The van der Waals surface area contributed by atoms with E-state index < -0.39 is 0 Å². The number of thiophene rings is 1. The number of halogens is 2. The Morgan fingerprint density at radius 1 is 0.970 bits per heavy atom. The van der Waals surface area contributed by atoms with Crippen molar-refractivity contribution in [2.24, 2.45) is 0 Å². The standard InChI is InChI=1S/C26H21Cl2NO3S/c1-31-20-13-15-11-12-29(26(30)25-23(28)17-8-4-6-10-22(17)33-25)24(18(15)14-21(20)32-2)16-7-3-5-9-19(16)27/h3-10,13-14,24H,11-12H2,1-2H3/t24-/m1/s1. The average molecular weight is 498 g/mol. The molecule has 0 fully saturated rings. The highest BCUT2D eigenvalue weighted by Gasteiger charge is 2.36. The van der Waals surface area contributed by atoms with Crippen LogP contribution in [-0.4, -0.2) is 31.6 Å². The smallest absolute Gasteiger partial charge is 0.266 e. The van der Waals surface area contributed by atoms with E-state index >= 15 is 0 Å². The Labute approximate surface area is 206 Å². The SMILES string of the molecule is COc1cc2c(cc1OC)[C@@H](c1ccccc1Cl)N(C(=O)c1sc3ccccc3c1Cl)CC2. The van der Waals surface area contributed by atoms with Gasteiger partial charge in [0.25, 0.3) is 5.91 Å². The van der Waals surface area contributed by atoms with Crippen molar-refractivity contribution in [3.63, 3.8) is 0 Å². The molecule has 0 bridgehead atoms. The Morgan fingerprint density at radius 2 is 1.67 bits per heavy atom. The summed E-state index contributed by atoms with van der Waals surface area (Å²) < 4.78 is 12.1. The molecule has 1 aliphatic heterocycles. The first-order valence-electron chi connectivity index (χ1n) is 10.5. The molecule has 2 heterocycles. The van der Waals surface area contributed by atoms with Crippen molar-refractivity contribution in [2.75, 3.05) is 20.8 Å². The van der Waals surface area contributed by atoms with Crippen molar-refractivity contribution in [1.29, 1.82) is 0 Å². The lowest BCUT2D eigenvalue weighted by molar-refractivity contribution is 0.0699. The Balaban J connectivity index is 1.68. The van der Waals surface area contributed by atoms with Crippen LogP contribution in [0, 0.1) is 0 Å². The number of fused-ring (bicyclic) bond motifs is 2. The molecule has 33 heavy (non-hydrogen) atoms. The third kappa shape index (κ3) is 3.74. The van der Waals surface area contributed by atoms with Crippen LogP contribution in [-0.2, 0) is 6.42 Å². The first kappa shape index (κ1) is 22.1. The molecule has 0 saturated carbocycles. The molecule has 5 rings (SSSR count). The van der Waals surface area contributed by atoms with E-state index in [0.717, 1.165) is 26.8 Å². The lowest BCUT2D eigenvalue weighted by Gasteiger charge is -2.38. The highest BCUT2D eigenvalue weighted by atomic mass is 35.5. The highest BCUT2D eigenvalue weighted by molar-refractivity contribution is 7.21. The molecule has 0 N–H and O–H groups in total. The number of carbonyl (C=O) groups excluding carboxylic acids is 1. The molecule has 0 unspecified atom stereocenters. The number of ether oxygens (including phenoxy) is 2. The van der Waals surface area contributed by atoms with Crippen molar-refractivity contribution >= 4 is 50.5 Å². The molecule has 1 amide bonds. The van der Waals surface area contributed by atoms with Gasteiger partial charge < -0.3 is 14.4 Å². The van der Waals surface area contributed by atoms with Gasteiger partial charge in [0, 0.05) is 21.7 Å². The van der Waals surface area contributed by atoms with Gasteiger partial charge in [0.05, 0.1) is 25.3 Å². The average Bonchev–Trinajstić information content (AvgIpc) is 3.19. The summed E-state index contributed by atoms with van der Waals surface area (Å²) in [6, 6.07) is 19.0. The van der Waals surface area contributed by atoms with E-state index in [1.165, 1.54) is 11.3 Å². The van der Waals surface area contributed by atoms with Gasteiger partial charge >= 0.3 is 0 Å². The predicted molar refractivity (Wildman–Crippen MR) is 134 cm³/mol. The monoisotopic (exact) mass is 497 g/mol. The Morgan fingerprint density at radius 3 is 2.39 bits per heavy atom. The number of carbonyl (C=O) groups is 1. The van der Waals surface area contributed by atoms with Gasteiger partial charge in [0.1, 0.15) is 4.88 Å². The quantitative estimate of drug-likeness (QED) is 0.304. The van der Waals surface area contributed by atoms with Crippen LogP contribution in [0.25, 0.3) is 10.1 Å². The molecule has 7 heteroatoms. The molecule has 1 aromatic heterocycles. The molecule has 0 saturated heterocycles. The largest absolute Gasteiger partial charge is 0.493 e. The van der Waals surface area contributed by atoms with E-state index in [4.69, 9.17) is 32.7 Å². The van der Waals surface area contributed by atoms with Crippen LogP contribution >= 0.6 is 34.5 Å². The second-order valence-corrected chi connectivity index (χ2v) is 9.66. The van der Waals surface area contributed by atoms with Crippen LogP contribution in [0.15, 0.2) is 60.7 Å². The zero-order valence-corrected chi connectivity index (χ0v) is 20.4. The van der Waals surface area contributed by atoms with Crippen LogP contribution in [0.2, 0.25) is 10.0 Å². The van der Waals surface area contributed by atoms with E-state index in [9.17, 15) is 4.79 Å². The molecule has 4 aromatic rings. The first-order chi connectivity index (χ1) is 16.0. The summed E-state index contributed by atoms with van der Waals surface area (Å²) in [5, 5.41) is 1.99. The molecule has 168 valence electrons. The molecule has 4 nitrogen and oxygen atoms in total. The van der Waals surface area contributed by atoms with Gasteiger partial charge in [-0.25, -0.2) is 0 Å². The van der Waals surface area contributed by atoms with E-state index in [0.29, 0.717) is 39.4 Å². The topological polar surface area (TPSA) is 38.8 Å². The van der Waals surface area contributed by atoms with Crippen LogP contribution in [0.3, 0.4) is 0 Å². The molecule has 1 aliphatic rings. The molecule has 3 aromatic carbocycles. The molecule has 0 radical (unpaired) electrons. The van der Waals surface area contributed by atoms with E-state index in [-0.39, 0.29) is 11.9 Å². The fraction of sp³-hybridized carbons (Fsp3) is 0.192. The minimum atomic E-state index is -0.379. The van der Waals surface area contributed by atoms with Crippen LogP contribution < -0.4 is 9.47 Å². The minimum absolute atomic E-state index is 0.105. The summed E-state index contributed by atoms with van der Waals surface area (Å²) in [7, 11) is 3.23. The van der Waals surface area contributed by atoms with Crippen molar-refractivity contribution in [3.8, 4) is 11.5 Å². The van der Waals surface area contributed by atoms with Crippen LogP contribution in [0.4, 0.5) is 0 Å².